The average molecular weight is 1200 g/mol. The summed E-state index contributed by atoms with van der Waals surface area (Å²) in [5.74, 6) is -4.07. The van der Waals surface area contributed by atoms with Crippen molar-refractivity contribution in [3.63, 3.8) is 0 Å². The number of carbonyl (C=O) groups is 6. The van der Waals surface area contributed by atoms with Gasteiger partial charge in [-0.15, -0.1) is 0 Å². The molecule has 0 aliphatic carbocycles. The summed E-state index contributed by atoms with van der Waals surface area (Å²) in [6, 6.07) is 0. The molecule has 0 aromatic carbocycles. The second-order valence-corrected chi connectivity index (χ2v) is 24.6. The van der Waals surface area contributed by atoms with Gasteiger partial charge in [-0.2, -0.15) is 0 Å². The van der Waals surface area contributed by atoms with Crippen LogP contribution in [0.15, 0.2) is 12.7 Å². The van der Waals surface area contributed by atoms with Gasteiger partial charge in [0.15, 0.2) is 28.9 Å². The van der Waals surface area contributed by atoms with Crippen molar-refractivity contribution in [1.82, 2.24) is 30.2 Å². The van der Waals surface area contributed by atoms with E-state index in [9.17, 15) is 82.5 Å². The number of likely N-dealkylation sites (N-methyl/N-ethyl adjacent to an activating group) is 2. The molecule has 9 unspecified atom stereocenters. The number of aliphatic hydroxyl groups excluding tert-OH is 3. The van der Waals surface area contributed by atoms with Gasteiger partial charge in [-0.05, 0) is 0 Å². The third kappa shape index (κ3) is 31.0. The van der Waals surface area contributed by atoms with Crippen LogP contribution in [0.2, 0.25) is 0 Å². The lowest BCUT2D eigenvalue weighted by Gasteiger charge is -2.36. The number of nitrogens with two attached hydrogens (primary N) is 1. The molecule has 3 rings (SSSR count). The number of quaternary nitrogens is 2. The van der Waals surface area contributed by atoms with Gasteiger partial charge in [-0.25, -0.2) is 19.3 Å². The van der Waals surface area contributed by atoms with Crippen LogP contribution in [0.5, 0.6) is 0 Å². The first kappa shape index (κ1) is 73.8. The van der Waals surface area contributed by atoms with Gasteiger partial charge in [0.1, 0.15) is 55.5 Å². The minimum atomic E-state index is -5.90. The number of ether oxygens (including phenoxy) is 2. The number of carboxylic acid groups (broad SMARTS) is 2. The number of anilines is 1. The Bertz CT molecular complexity index is 2400. The van der Waals surface area contributed by atoms with E-state index in [1.165, 1.54) is 27.7 Å². The van der Waals surface area contributed by atoms with Crippen molar-refractivity contribution >= 4 is 87.0 Å². The third-order valence-electron chi connectivity index (χ3n) is 9.42. The van der Waals surface area contributed by atoms with Crippen LogP contribution in [0.3, 0.4) is 0 Å². The summed E-state index contributed by atoms with van der Waals surface area (Å²) in [6.45, 7) is 7.63. The molecule has 0 bridgehead atoms. The van der Waals surface area contributed by atoms with Crippen molar-refractivity contribution < 1.29 is 124 Å². The minimum Gasteiger partial charge on any atom is -0.790 e. The average Bonchev–Trinajstić information content (AvgIpc) is 3.82. The van der Waals surface area contributed by atoms with E-state index in [1.54, 1.807) is 0 Å². The van der Waals surface area contributed by atoms with Gasteiger partial charge in [0, 0.05) is 69.3 Å². The van der Waals surface area contributed by atoms with Gasteiger partial charge < -0.3 is 108 Å². The number of aliphatic hydroxyl groups is 3. The molecular formula is C41H72N9O24P3S-4. The zero-order valence-corrected chi connectivity index (χ0v) is 48.7. The predicted molar refractivity (Wildman–Crippen MR) is 262 cm³/mol. The highest BCUT2D eigenvalue weighted by Gasteiger charge is 2.47. The number of nitrogens with zero attached hydrogens (tertiary/aromatic N) is 6. The molecule has 2 amide bonds. The standard InChI is InChI=1S/C23H38N7O17P3S.C9H17NO4.C7H15NO3.C2H6/c1-12(31)51-7-6-25-14(32)4-5-26-21(35)18(34)23(2,3)9-44-50(41,42)47-49(39,40)43-8-13-17(46-48(36,37)38)16(33)22(45-13)30-11-29-15-19(24)27-10-28-20(15)30;1-7(11)14-8(5-9(12)13)6-10(2,3)4;1-8(2,3)5-6(9)4-7(10)11;1-2/h10-11,13,16-18,22,33-34H,4-9H2,1-3H3,(H,25,32)(H,26,35)(H,39,40)(H,41,42)(H2,24,27,28)(H2,36,37,38);8H,5-6H2,1-4H3;6,9H,4-5H2,1-3H3;1-2H3/p-4. The molecule has 9 atom stereocenters. The van der Waals surface area contributed by atoms with E-state index < -0.39 is 115 Å². The molecule has 1 fully saturated rings. The third-order valence-corrected chi connectivity index (χ3v) is 13.2. The van der Waals surface area contributed by atoms with Crippen molar-refractivity contribution in [3.05, 3.63) is 12.7 Å². The molecule has 78 heavy (non-hydrogen) atoms. The Kier molecular flexibility index (Phi) is 31.2. The topological polar surface area (TPSA) is 502 Å². The lowest BCUT2D eigenvalue weighted by atomic mass is 9.87. The number of phosphoric ester groups is 3. The maximum Gasteiger partial charge on any atom is 0.303 e. The van der Waals surface area contributed by atoms with Crippen LogP contribution < -0.4 is 46.2 Å². The number of aliphatic carboxylic acids is 2. The van der Waals surface area contributed by atoms with Gasteiger partial charge in [0.2, 0.25) is 11.8 Å². The second kappa shape index (κ2) is 32.9. The number of imidazole rings is 1. The largest absolute Gasteiger partial charge is 0.790 e. The Balaban J connectivity index is 0.00000179. The Morgan fingerprint density at radius 1 is 0.872 bits per heavy atom. The number of nitrogens with one attached hydrogen (secondary N) is 2. The maximum atomic E-state index is 12.4. The predicted octanol–water partition coefficient (Wildman–Crippen LogP) is -5.86. The fraction of sp³-hybridized carbons (Fsp3) is 0.732. The number of hydrogen-bond acceptors (Lipinski definition) is 29. The summed E-state index contributed by atoms with van der Waals surface area (Å²) >= 11 is 1.01. The van der Waals surface area contributed by atoms with E-state index in [0.717, 1.165) is 29.0 Å². The molecule has 0 spiro atoms. The van der Waals surface area contributed by atoms with Crippen LogP contribution in [-0.2, 0) is 69.8 Å². The van der Waals surface area contributed by atoms with Crippen LogP contribution in [0, 0.1) is 5.41 Å². The molecule has 1 aliphatic rings. The molecule has 33 nitrogen and oxygen atoms in total. The van der Waals surface area contributed by atoms with E-state index in [1.807, 2.05) is 56.1 Å². The summed E-state index contributed by atoms with van der Waals surface area (Å²) in [6.07, 6.45) is -9.51. The fourth-order valence-corrected chi connectivity index (χ4v) is 9.59. The quantitative estimate of drug-likeness (QED) is 0.0200. The van der Waals surface area contributed by atoms with E-state index in [4.69, 9.17) is 20.3 Å². The molecular weight excluding hydrogens is 1130 g/mol. The van der Waals surface area contributed by atoms with Crippen molar-refractivity contribution in [2.45, 2.75) is 104 Å². The van der Waals surface area contributed by atoms with Crippen LogP contribution in [0.4, 0.5) is 5.82 Å². The molecule has 2 aromatic heterocycles. The number of carbonyl (C=O) groups excluding carboxylic acids is 6. The zero-order valence-electron chi connectivity index (χ0n) is 45.2. The van der Waals surface area contributed by atoms with E-state index >= 15 is 0 Å². The lowest BCUT2D eigenvalue weighted by molar-refractivity contribution is -0.873. The molecule has 37 heteroatoms. The number of rotatable bonds is 28. The number of carboxylic acids is 2. The summed E-state index contributed by atoms with van der Waals surface area (Å²) in [5.41, 5.74) is 4.07. The Hall–Kier alpha value is -4.15. The smallest absolute Gasteiger partial charge is 0.303 e. The monoisotopic (exact) mass is 1200 g/mol. The maximum absolute atomic E-state index is 12.4. The number of amides is 2. The number of hydrogen-bond donors (Lipinski definition) is 6. The Morgan fingerprint density at radius 2 is 1.44 bits per heavy atom. The Morgan fingerprint density at radius 3 is 1.95 bits per heavy atom. The van der Waals surface area contributed by atoms with Gasteiger partial charge in [-0.1, -0.05) is 39.5 Å². The van der Waals surface area contributed by atoms with Crippen LogP contribution in [0.1, 0.15) is 67.0 Å². The first-order valence-electron chi connectivity index (χ1n) is 23.3. The van der Waals surface area contributed by atoms with E-state index in [0.29, 0.717) is 27.8 Å². The number of fused-ring (bicyclic) bond motifs is 1. The minimum absolute atomic E-state index is 0.0209. The van der Waals surface area contributed by atoms with Gasteiger partial charge in [0.05, 0.1) is 69.6 Å². The van der Waals surface area contributed by atoms with E-state index in [-0.39, 0.29) is 54.4 Å². The van der Waals surface area contributed by atoms with Crippen LogP contribution in [0.25, 0.3) is 11.2 Å². The Labute approximate surface area is 454 Å². The first-order valence-corrected chi connectivity index (χ1v) is 28.7. The summed E-state index contributed by atoms with van der Waals surface area (Å²) in [7, 11) is -6.21. The highest BCUT2D eigenvalue weighted by atomic mass is 32.2. The van der Waals surface area contributed by atoms with Crippen molar-refractivity contribution in [2.24, 2.45) is 5.41 Å². The molecule has 1 aliphatic heterocycles. The van der Waals surface area contributed by atoms with Gasteiger partial charge >= 0.3 is 5.97 Å². The number of phosphoric acid groups is 3. The van der Waals surface area contributed by atoms with Crippen LogP contribution in [-0.4, -0.2) is 203 Å². The molecule has 1 saturated heterocycles. The lowest BCUT2D eigenvalue weighted by Crippen LogP contribution is -2.46. The number of thioether (sulfide) groups is 1. The highest BCUT2D eigenvalue weighted by Crippen LogP contribution is 2.56. The SMILES string of the molecule is CC.CC(=O)OC(CC(=O)[O-])C[N+](C)(C)C.CC(=O)SCCNC(=O)CCNC(=O)C(O)C(C)(C)COP(=O)([O-])OP(=O)([O-])OCC1OC(n2cnc3c(N)ncnc32)C(O)C1OP(=O)([O-])[O-].C[N+](C)(C)CC(O)CC(=O)[O-]. The van der Waals surface area contributed by atoms with Crippen LogP contribution >= 0.6 is 35.2 Å². The summed E-state index contributed by atoms with van der Waals surface area (Å²) < 4.78 is 66.2. The second-order valence-electron chi connectivity index (χ2n) is 19.3. The van der Waals surface area contributed by atoms with Gasteiger partial charge in [0.25, 0.3) is 15.6 Å². The first-order chi connectivity index (χ1) is 35.5. The van der Waals surface area contributed by atoms with Crippen molar-refractivity contribution in [1.29, 1.82) is 0 Å². The molecule has 2 aromatic rings. The van der Waals surface area contributed by atoms with Crippen molar-refractivity contribution in [2.75, 3.05) is 93.2 Å². The number of aromatic nitrogens is 4. The normalized spacial score (nSPS) is 19.3. The highest BCUT2D eigenvalue weighted by molar-refractivity contribution is 8.13. The summed E-state index contributed by atoms with van der Waals surface area (Å²) in [4.78, 5) is 125. The molecule has 7 N–H and O–H groups in total. The molecule has 0 saturated carbocycles. The van der Waals surface area contributed by atoms with Gasteiger partial charge in [-0.3, -0.25) is 32.9 Å². The van der Waals surface area contributed by atoms with Crippen molar-refractivity contribution in [3.8, 4) is 0 Å². The van der Waals surface area contributed by atoms with E-state index in [2.05, 4.69) is 43.5 Å². The molecule has 3 heterocycles. The number of esters is 1. The summed E-state index contributed by atoms with van der Waals surface area (Å²) in [5, 5.41) is 55.4. The molecule has 450 valence electrons. The fourth-order valence-electron chi connectivity index (χ4n) is 6.37. The molecule has 0 radical (unpaired) electrons. The number of nitrogen functional groups attached to an aromatic ring is 1. The zero-order chi connectivity index (χ0) is 60.8.